The first-order chi connectivity index (χ1) is 9.88. The van der Waals surface area contributed by atoms with Gasteiger partial charge in [-0.25, -0.2) is 0 Å². The predicted octanol–water partition coefficient (Wildman–Crippen LogP) is 5.76. The van der Waals surface area contributed by atoms with E-state index < -0.39 is 0 Å². The standard InChI is InChI=1S/C20H26O/c1-13-7-9-19(15(3)11-13)17(5)21-18(6)20-10-8-14(2)12-16(20)4/h7-12,17-18H,1-6H3. The van der Waals surface area contributed by atoms with E-state index in [0.717, 1.165) is 0 Å². The van der Waals surface area contributed by atoms with Crippen molar-refractivity contribution < 1.29 is 4.74 Å². The van der Waals surface area contributed by atoms with Gasteiger partial charge in [-0.15, -0.1) is 0 Å². The van der Waals surface area contributed by atoms with Crippen LogP contribution < -0.4 is 0 Å². The van der Waals surface area contributed by atoms with Crippen LogP contribution in [-0.4, -0.2) is 0 Å². The second-order valence-corrected chi connectivity index (χ2v) is 6.14. The molecule has 0 spiro atoms. The molecule has 1 heteroatoms. The summed E-state index contributed by atoms with van der Waals surface area (Å²) in [6.45, 7) is 12.8. The van der Waals surface area contributed by atoms with Crippen LogP contribution in [0.1, 0.15) is 59.4 Å². The second kappa shape index (κ2) is 6.44. The highest BCUT2D eigenvalue weighted by Crippen LogP contribution is 2.30. The first-order valence-electron chi connectivity index (χ1n) is 7.68. The van der Waals surface area contributed by atoms with Gasteiger partial charge < -0.3 is 4.74 Å². The molecule has 0 bridgehead atoms. The highest BCUT2D eigenvalue weighted by Gasteiger charge is 2.15. The van der Waals surface area contributed by atoms with E-state index in [1.165, 1.54) is 33.4 Å². The lowest BCUT2D eigenvalue weighted by Gasteiger charge is -2.23. The van der Waals surface area contributed by atoms with Crippen molar-refractivity contribution in [2.75, 3.05) is 0 Å². The zero-order valence-electron chi connectivity index (χ0n) is 14.0. The number of rotatable bonds is 4. The van der Waals surface area contributed by atoms with Crippen LogP contribution >= 0.6 is 0 Å². The number of hydrogen-bond donors (Lipinski definition) is 0. The van der Waals surface area contributed by atoms with Crippen LogP contribution in [0.25, 0.3) is 0 Å². The van der Waals surface area contributed by atoms with Crippen LogP contribution in [0.5, 0.6) is 0 Å². The van der Waals surface area contributed by atoms with E-state index >= 15 is 0 Å². The lowest BCUT2D eigenvalue weighted by Crippen LogP contribution is -2.08. The molecule has 0 aliphatic heterocycles. The van der Waals surface area contributed by atoms with Gasteiger partial charge in [-0.05, 0) is 63.8 Å². The van der Waals surface area contributed by atoms with Crippen LogP contribution in [0.2, 0.25) is 0 Å². The van der Waals surface area contributed by atoms with Crippen LogP contribution in [0.15, 0.2) is 36.4 Å². The van der Waals surface area contributed by atoms with Crippen LogP contribution in [-0.2, 0) is 4.74 Å². The molecule has 2 rings (SSSR count). The largest absolute Gasteiger partial charge is 0.366 e. The van der Waals surface area contributed by atoms with Crippen molar-refractivity contribution in [1.29, 1.82) is 0 Å². The SMILES string of the molecule is Cc1ccc(C(C)OC(C)c2ccc(C)cc2C)c(C)c1. The Hall–Kier alpha value is -1.60. The Morgan fingerprint density at radius 3 is 1.38 bits per heavy atom. The van der Waals surface area contributed by atoms with Crippen molar-refractivity contribution in [3.63, 3.8) is 0 Å². The molecule has 0 N–H and O–H groups in total. The zero-order chi connectivity index (χ0) is 15.6. The van der Waals surface area contributed by atoms with Crippen LogP contribution in [0.3, 0.4) is 0 Å². The number of benzene rings is 2. The fourth-order valence-corrected chi connectivity index (χ4v) is 3.02. The summed E-state index contributed by atoms with van der Waals surface area (Å²) in [5, 5.41) is 0. The first-order valence-corrected chi connectivity index (χ1v) is 7.68. The van der Waals surface area contributed by atoms with Crippen molar-refractivity contribution >= 4 is 0 Å². The Bertz CT molecular complexity index is 572. The maximum atomic E-state index is 6.26. The van der Waals surface area contributed by atoms with Crippen molar-refractivity contribution in [1.82, 2.24) is 0 Å². The molecule has 112 valence electrons. The number of hydrogen-bond acceptors (Lipinski definition) is 1. The van der Waals surface area contributed by atoms with Gasteiger partial charge in [0.05, 0.1) is 12.2 Å². The highest BCUT2D eigenvalue weighted by atomic mass is 16.5. The molecule has 0 aromatic heterocycles. The summed E-state index contributed by atoms with van der Waals surface area (Å²) in [5.41, 5.74) is 7.75. The van der Waals surface area contributed by atoms with Crippen molar-refractivity contribution in [2.45, 2.75) is 53.8 Å². The molecule has 2 atom stereocenters. The lowest BCUT2D eigenvalue weighted by molar-refractivity contribution is 0.00523. The Morgan fingerprint density at radius 2 is 1.05 bits per heavy atom. The summed E-state index contributed by atoms with van der Waals surface area (Å²) in [5.74, 6) is 0. The summed E-state index contributed by atoms with van der Waals surface area (Å²) in [4.78, 5) is 0. The maximum Gasteiger partial charge on any atom is 0.0807 e. The maximum absolute atomic E-state index is 6.26. The topological polar surface area (TPSA) is 9.23 Å². The van der Waals surface area contributed by atoms with Gasteiger partial charge in [-0.3, -0.25) is 0 Å². The van der Waals surface area contributed by atoms with E-state index in [4.69, 9.17) is 4.74 Å². The van der Waals surface area contributed by atoms with Gasteiger partial charge in [0.25, 0.3) is 0 Å². The van der Waals surface area contributed by atoms with E-state index in [-0.39, 0.29) is 12.2 Å². The second-order valence-electron chi connectivity index (χ2n) is 6.14. The normalized spacial score (nSPS) is 14.0. The molecule has 0 saturated heterocycles. The smallest absolute Gasteiger partial charge is 0.0807 e. The van der Waals surface area contributed by atoms with Gasteiger partial charge in [0.15, 0.2) is 0 Å². The van der Waals surface area contributed by atoms with Crippen molar-refractivity contribution in [3.05, 3.63) is 69.8 Å². The van der Waals surface area contributed by atoms with E-state index in [9.17, 15) is 0 Å². The van der Waals surface area contributed by atoms with Gasteiger partial charge in [0.2, 0.25) is 0 Å². The molecule has 2 unspecified atom stereocenters. The fourth-order valence-electron chi connectivity index (χ4n) is 3.02. The molecule has 0 aliphatic rings. The molecule has 0 aliphatic carbocycles. The summed E-state index contributed by atoms with van der Waals surface area (Å²) in [7, 11) is 0. The summed E-state index contributed by atoms with van der Waals surface area (Å²) in [6.07, 6.45) is 0.197. The highest BCUT2D eigenvalue weighted by molar-refractivity contribution is 5.33. The molecular formula is C20H26O. The Balaban J connectivity index is 2.16. The Labute approximate surface area is 129 Å². The summed E-state index contributed by atoms with van der Waals surface area (Å²) >= 11 is 0. The molecule has 1 nitrogen and oxygen atoms in total. The minimum atomic E-state index is 0.0984. The third-order valence-electron chi connectivity index (χ3n) is 4.13. The third-order valence-corrected chi connectivity index (χ3v) is 4.13. The molecule has 2 aromatic rings. The van der Waals surface area contributed by atoms with Crippen molar-refractivity contribution in [3.8, 4) is 0 Å². The van der Waals surface area contributed by atoms with Gasteiger partial charge in [0, 0.05) is 0 Å². The molecule has 0 saturated carbocycles. The number of ether oxygens (including phenoxy) is 1. The molecule has 21 heavy (non-hydrogen) atoms. The van der Waals surface area contributed by atoms with E-state index in [1.54, 1.807) is 0 Å². The van der Waals surface area contributed by atoms with Gasteiger partial charge in [0.1, 0.15) is 0 Å². The lowest BCUT2D eigenvalue weighted by atomic mass is 10.00. The predicted molar refractivity (Wildman–Crippen MR) is 89.7 cm³/mol. The average Bonchev–Trinajstić information content (AvgIpc) is 2.37. The Morgan fingerprint density at radius 1 is 0.667 bits per heavy atom. The molecule has 0 heterocycles. The van der Waals surface area contributed by atoms with Gasteiger partial charge >= 0.3 is 0 Å². The van der Waals surface area contributed by atoms with Gasteiger partial charge in [-0.1, -0.05) is 47.5 Å². The first kappa shape index (κ1) is 15.8. The molecule has 0 amide bonds. The van der Waals surface area contributed by atoms with E-state index in [1.807, 2.05) is 0 Å². The van der Waals surface area contributed by atoms with E-state index in [2.05, 4.69) is 77.9 Å². The molecular weight excluding hydrogens is 256 g/mol. The van der Waals surface area contributed by atoms with E-state index in [0.29, 0.717) is 0 Å². The van der Waals surface area contributed by atoms with Gasteiger partial charge in [-0.2, -0.15) is 0 Å². The zero-order valence-corrected chi connectivity index (χ0v) is 14.0. The van der Waals surface area contributed by atoms with Crippen molar-refractivity contribution in [2.24, 2.45) is 0 Å². The monoisotopic (exact) mass is 282 g/mol. The quantitative estimate of drug-likeness (QED) is 0.692. The summed E-state index contributed by atoms with van der Waals surface area (Å²) in [6, 6.07) is 13.1. The minimum Gasteiger partial charge on any atom is -0.366 e. The summed E-state index contributed by atoms with van der Waals surface area (Å²) < 4.78 is 6.26. The molecule has 0 radical (unpaired) electrons. The third kappa shape index (κ3) is 3.74. The Kier molecular flexibility index (Phi) is 4.84. The molecule has 0 fully saturated rings. The van der Waals surface area contributed by atoms with Crippen LogP contribution in [0.4, 0.5) is 0 Å². The average molecular weight is 282 g/mol. The van der Waals surface area contributed by atoms with Crippen LogP contribution in [0, 0.1) is 27.7 Å². The molecule has 2 aromatic carbocycles. The minimum absolute atomic E-state index is 0.0984. The fraction of sp³-hybridized carbons (Fsp3) is 0.400. The number of aryl methyl sites for hydroxylation is 4.